The lowest BCUT2D eigenvalue weighted by Gasteiger charge is -2.13. The predicted octanol–water partition coefficient (Wildman–Crippen LogP) is 1.53. The van der Waals surface area contributed by atoms with Gasteiger partial charge in [0.25, 0.3) is 0 Å². The number of hydrogen-bond acceptors (Lipinski definition) is 6. The Morgan fingerprint density at radius 2 is 2.30 bits per heavy atom. The van der Waals surface area contributed by atoms with Gasteiger partial charge in [0.1, 0.15) is 11.8 Å². The third-order valence-electron chi connectivity index (χ3n) is 3.95. The SMILES string of the molecule is COc1ccccc1-c1noc(C(C)NC(=O)C2CCNC2)n1. The highest BCUT2D eigenvalue weighted by molar-refractivity contribution is 5.79. The van der Waals surface area contributed by atoms with Crippen LogP contribution >= 0.6 is 0 Å². The number of amides is 1. The molecule has 1 fully saturated rings. The Balaban J connectivity index is 1.72. The minimum atomic E-state index is -0.334. The zero-order valence-electron chi connectivity index (χ0n) is 13.2. The van der Waals surface area contributed by atoms with Gasteiger partial charge in [-0.3, -0.25) is 4.79 Å². The zero-order chi connectivity index (χ0) is 16.2. The van der Waals surface area contributed by atoms with Crippen molar-refractivity contribution in [3.8, 4) is 17.1 Å². The molecule has 122 valence electrons. The van der Waals surface area contributed by atoms with E-state index in [4.69, 9.17) is 9.26 Å². The first kappa shape index (κ1) is 15.5. The molecular weight excluding hydrogens is 296 g/mol. The lowest BCUT2D eigenvalue weighted by molar-refractivity contribution is -0.125. The number of aromatic nitrogens is 2. The number of hydrogen-bond donors (Lipinski definition) is 2. The summed E-state index contributed by atoms with van der Waals surface area (Å²) in [6, 6.07) is 7.12. The molecule has 1 saturated heterocycles. The van der Waals surface area contributed by atoms with E-state index in [0.29, 0.717) is 17.5 Å². The fraction of sp³-hybridized carbons (Fsp3) is 0.438. The van der Waals surface area contributed by atoms with Crippen LogP contribution in [0.5, 0.6) is 5.75 Å². The summed E-state index contributed by atoms with van der Waals surface area (Å²) >= 11 is 0. The maximum absolute atomic E-state index is 12.1. The third kappa shape index (κ3) is 3.34. The zero-order valence-corrected chi connectivity index (χ0v) is 13.2. The first-order valence-corrected chi connectivity index (χ1v) is 7.67. The molecule has 2 heterocycles. The molecule has 1 amide bonds. The van der Waals surface area contributed by atoms with Gasteiger partial charge in [0.15, 0.2) is 0 Å². The topological polar surface area (TPSA) is 89.3 Å². The number of benzene rings is 1. The fourth-order valence-corrected chi connectivity index (χ4v) is 2.62. The average Bonchev–Trinajstić information content (AvgIpc) is 3.26. The van der Waals surface area contributed by atoms with Crippen molar-refractivity contribution in [1.29, 1.82) is 0 Å². The van der Waals surface area contributed by atoms with Gasteiger partial charge in [0.05, 0.1) is 18.6 Å². The van der Waals surface area contributed by atoms with Crippen LogP contribution in [0.2, 0.25) is 0 Å². The van der Waals surface area contributed by atoms with Crippen LogP contribution in [0.3, 0.4) is 0 Å². The van der Waals surface area contributed by atoms with Gasteiger partial charge < -0.3 is 19.9 Å². The van der Waals surface area contributed by atoms with Gasteiger partial charge in [0, 0.05) is 6.54 Å². The fourth-order valence-electron chi connectivity index (χ4n) is 2.62. The van der Waals surface area contributed by atoms with E-state index in [-0.39, 0.29) is 17.9 Å². The van der Waals surface area contributed by atoms with Crippen LogP contribution in [0.15, 0.2) is 28.8 Å². The number of nitrogens with one attached hydrogen (secondary N) is 2. The Bertz CT molecular complexity index is 679. The molecule has 1 aliphatic rings. The Kier molecular flexibility index (Phi) is 4.57. The standard InChI is InChI=1S/C16H20N4O3/c1-10(18-15(21)11-7-8-17-9-11)16-19-14(20-23-16)12-5-3-4-6-13(12)22-2/h3-6,10-11,17H,7-9H2,1-2H3,(H,18,21). The van der Waals surface area contributed by atoms with E-state index < -0.39 is 0 Å². The first-order chi connectivity index (χ1) is 11.2. The number of methoxy groups -OCH3 is 1. The summed E-state index contributed by atoms with van der Waals surface area (Å²) < 4.78 is 10.6. The summed E-state index contributed by atoms with van der Waals surface area (Å²) in [6.07, 6.45) is 0.856. The van der Waals surface area contributed by atoms with E-state index in [1.54, 1.807) is 7.11 Å². The molecule has 0 spiro atoms. The number of carbonyl (C=O) groups is 1. The van der Waals surface area contributed by atoms with Crippen molar-refractivity contribution in [3.63, 3.8) is 0 Å². The third-order valence-corrected chi connectivity index (χ3v) is 3.95. The summed E-state index contributed by atoms with van der Waals surface area (Å²) in [7, 11) is 1.60. The van der Waals surface area contributed by atoms with Crippen LogP contribution in [-0.2, 0) is 4.79 Å². The van der Waals surface area contributed by atoms with Gasteiger partial charge in [-0.2, -0.15) is 4.98 Å². The van der Waals surface area contributed by atoms with Gasteiger partial charge >= 0.3 is 0 Å². The smallest absolute Gasteiger partial charge is 0.249 e. The summed E-state index contributed by atoms with van der Waals surface area (Å²) in [4.78, 5) is 16.5. The number of carbonyl (C=O) groups excluding carboxylic acids is 1. The lowest BCUT2D eigenvalue weighted by atomic mass is 10.1. The molecule has 2 unspecified atom stereocenters. The van der Waals surface area contributed by atoms with Crippen LogP contribution in [0.25, 0.3) is 11.4 Å². The minimum absolute atomic E-state index is 0.00839. The molecule has 7 nitrogen and oxygen atoms in total. The Morgan fingerprint density at radius 3 is 3.04 bits per heavy atom. The van der Waals surface area contributed by atoms with Crippen molar-refractivity contribution in [3.05, 3.63) is 30.2 Å². The van der Waals surface area contributed by atoms with Gasteiger partial charge in [-0.25, -0.2) is 0 Å². The van der Waals surface area contributed by atoms with E-state index in [2.05, 4.69) is 20.8 Å². The lowest BCUT2D eigenvalue weighted by Crippen LogP contribution is -2.33. The van der Waals surface area contributed by atoms with Crippen molar-refractivity contribution >= 4 is 5.91 Å². The first-order valence-electron chi connectivity index (χ1n) is 7.67. The van der Waals surface area contributed by atoms with E-state index in [0.717, 1.165) is 25.1 Å². The largest absolute Gasteiger partial charge is 0.496 e. The van der Waals surface area contributed by atoms with Crippen LogP contribution in [0, 0.1) is 5.92 Å². The second-order valence-electron chi connectivity index (χ2n) is 5.58. The maximum atomic E-state index is 12.1. The predicted molar refractivity (Wildman–Crippen MR) is 83.8 cm³/mol. The van der Waals surface area contributed by atoms with Gasteiger partial charge in [-0.1, -0.05) is 17.3 Å². The van der Waals surface area contributed by atoms with E-state index in [1.165, 1.54) is 0 Å². The molecule has 1 aromatic carbocycles. The van der Waals surface area contributed by atoms with Crippen LogP contribution < -0.4 is 15.4 Å². The molecule has 3 rings (SSSR count). The van der Waals surface area contributed by atoms with Crippen LogP contribution in [0.4, 0.5) is 0 Å². The molecular formula is C16H20N4O3. The van der Waals surface area contributed by atoms with Crippen molar-refractivity contribution in [2.45, 2.75) is 19.4 Å². The van der Waals surface area contributed by atoms with Crippen molar-refractivity contribution in [2.75, 3.05) is 20.2 Å². The molecule has 1 aliphatic heterocycles. The normalized spacial score (nSPS) is 18.6. The van der Waals surface area contributed by atoms with Crippen molar-refractivity contribution in [1.82, 2.24) is 20.8 Å². The molecule has 2 atom stereocenters. The Hall–Kier alpha value is -2.41. The molecule has 0 saturated carbocycles. The van der Waals surface area contributed by atoms with Gasteiger partial charge in [0.2, 0.25) is 17.6 Å². The molecule has 0 bridgehead atoms. The number of nitrogens with zero attached hydrogens (tertiary/aromatic N) is 2. The molecule has 2 aromatic rings. The highest BCUT2D eigenvalue weighted by Crippen LogP contribution is 2.28. The highest BCUT2D eigenvalue weighted by atomic mass is 16.5. The summed E-state index contributed by atoms with van der Waals surface area (Å²) in [5.74, 6) is 1.52. The summed E-state index contributed by atoms with van der Waals surface area (Å²) in [5.41, 5.74) is 0.753. The number of rotatable bonds is 5. The quantitative estimate of drug-likeness (QED) is 0.869. The number of ether oxygens (including phenoxy) is 1. The second kappa shape index (κ2) is 6.78. The van der Waals surface area contributed by atoms with Crippen LogP contribution in [0.1, 0.15) is 25.3 Å². The molecule has 2 N–H and O–H groups in total. The van der Waals surface area contributed by atoms with Crippen molar-refractivity contribution < 1.29 is 14.1 Å². The number of para-hydroxylation sites is 1. The van der Waals surface area contributed by atoms with E-state index in [9.17, 15) is 4.79 Å². The molecule has 0 aliphatic carbocycles. The molecule has 0 radical (unpaired) electrons. The second-order valence-corrected chi connectivity index (χ2v) is 5.58. The monoisotopic (exact) mass is 316 g/mol. The average molecular weight is 316 g/mol. The van der Waals surface area contributed by atoms with E-state index in [1.807, 2.05) is 31.2 Å². The van der Waals surface area contributed by atoms with Crippen molar-refractivity contribution in [2.24, 2.45) is 5.92 Å². The summed E-state index contributed by atoms with van der Waals surface area (Å²) in [6.45, 7) is 3.43. The van der Waals surface area contributed by atoms with Gasteiger partial charge in [-0.05, 0) is 32.0 Å². The molecule has 1 aromatic heterocycles. The van der Waals surface area contributed by atoms with Gasteiger partial charge in [-0.15, -0.1) is 0 Å². The Labute approximate surface area is 134 Å². The highest BCUT2D eigenvalue weighted by Gasteiger charge is 2.25. The maximum Gasteiger partial charge on any atom is 0.249 e. The minimum Gasteiger partial charge on any atom is -0.496 e. The van der Waals surface area contributed by atoms with Crippen LogP contribution in [-0.4, -0.2) is 36.2 Å². The molecule has 7 heteroatoms. The van der Waals surface area contributed by atoms with E-state index >= 15 is 0 Å². The Morgan fingerprint density at radius 1 is 1.48 bits per heavy atom. The summed E-state index contributed by atoms with van der Waals surface area (Å²) in [5, 5.41) is 10.1. The molecule has 23 heavy (non-hydrogen) atoms.